The number of hydrogen-bond donors (Lipinski definition) is 0. The van der Waals surface area contributed by atoms with E-state index in [4.69, 9.17) is 0 Å². The molecule has 74 valence electrons. The fourth-order valence-electron chi connectivity index (χ4n) is 1.08. The van der Waals surface area contributed by atoms with Crippen molar-refractivity contribution >= 4 is 14.0 Å². The molecule has 0 saturated carbocycles. The quantitative estimate of drug-likeness (QED) is 0.626. The zero-order valence-corrected chi connectivity index (χ0v) is 8.15. The Balaban J connectivity index is 2.75. The summed E-state index contributed by atoms with van der Waals surface area (Å²) < 4.78 is 10.6. The summed E-state index contributed by atoms with van der Waals surface area (Å²) in [6, 6.07) is 8.57. The van der Waals surface area contributed by atoms with Gasteiger partial charge < -0.3 is 14.8 Å². The molecule has 0 bridgehead atoms. The number of aliphatic carboxylic acids is 1. The van der Waals surface area contributed by atoms with E-state index in [1.54, 1.807) is 30.3 Å². The van der Waals surface area contributed by atoms with Crippen molar-refractivity contribution in [2.24, 2.45) is 0 Å². The smallest absolute Gasteiger partial charge is 0.318 e. The van der Waals surface area contributed by atoms with Crippen LogP contribution in [-0.4, -0.2) is 11.6 Å². The van der Waals surface area contributed by atoms with Gasteiger partial charge in [0.05, 0.1) is 5.97 Å². The molecule has 0 aliphatic heterocycles. The number of benzene rings is 1. The van der Waals surface area contributed by atoms with Crippen LogP contribution in [0.1, 0.15) is 5.56 Å². The van der Waals surface area contributed by atoms with Crippen molar-refractivity contribution in [2.45, 2.75) is 12.1 Å². The lowest BCUT2D eigenvalue weighted by Gasteiger charge is -2.09. The maximum atomic E-state index is 10.6. The molecule has 5 heteroatoms. The summed E-state index contributed by atoms with van der Waals surface area (Å²) in [4.78, 5) is 21.0. The molecule has 0 radical (unpaired) electrons. The molecule has 4 nitrogen and oxygen atoms in total. The Morgan fingerprint density at radius 3 is 2.36 bits per heavy atom. The average molecular weight is 211 g/mol. The van der Waals surface area contributed by atoms with Gasteiger partial charge in [-0.2, -0.15) is 0 Å². The molecule has 0 saturated heterocycles. The molecule has 0 aromatic heterocycles. The summed E-state index contributed by atoms with van der Waals surface area (Å²) in [5.41, 5.74) is -0.770. The molecule has 14 heavy (non-hydrogen) atoms. The van der Waals surface area contributed by atoms with E-state index in [0.717, 1.165) is 0 Å². The Morgan fingerprint density at radius 1 is 1.36 bits per heavy atom. The predicted octanol–water partition coefficient (Wildman–Crippen LogP) is -0.550. The highest BCUT2D eigenvalue weighted by molar-refractivity contribution is 7.38. The molecule has 0 fully saturated rings. The van der Waals surface area contributed by atoms with Gasteiger partial charge in [-0.05, 0) is 5.56 Å². The van der Waals surface area contributed by atoms with Gasteiger partial charge in [0.15, 0.2) is 5.66 Å². The number of carboxylic acids is 1. The Bertz CT molecular complexity index is 322. The van der Waals surface area contributed by atoms with Gasteiger partial charge in [-0.25, -0.2) is 0 Å². The second-order valence-corrected chi connectivity index (χ2v) is 4.00. The molecule has 2 unspecified atom stereocenters. The lowest BCUT2D eigenvalue weighted by molar-refractivity contribution is -0.306. The van der Waals surface area contributed by atoms with Crippen molar-refractivity contribution in [2.75, 3.05) is 0 Å². The Labute approximate surface area is 82.1 Å². The van der Waals surface area contributed by atoms with Crippen molar-refractivity contribution in [3.63, 3.8) is 0 Å². The normalized spacial score (nSPS) is 13.4. The summed E-state index contributed by atoms with van der Waals surface area (Å²) >= 11 is 0. The first kappa shape index (κ1) is 10.8. The largest absolute Gasteiger partial charge is 0.595 e. The molecule has 0 aliphatic rings. The first-order valence-electron chi connectivity index (χ1n) is 3.99. The van der Waals surface area contributed by atoms with E-state index in [1.807, 2.05) is 0 Å². The van der Waals surface area contributed by atoms with Crippen LogP contribution in [0.25, 0.3) is 0 Å². The van der Waals surface area contributed by atoms with E-state index in [9.17, 15) is 19.4 Å². The van der Waals surface area contributed by atoms with Crippen LogP contribution >= 0.6 is 8.03 Å². The predicted molar refractivity (Wildman–Crippen MR) is 46.5 cm³/mol. The third kappa shape index (κ3) is 2.91. The van der Waals surface area contributed by atoms with Crippen molar-refractivity contribution in [3.8, 4) is 0 Å². The van der Waals surface area contributed by atoms with Gasteiger partial charge in [-0.15, -0.1) is 0 Å². The van der Waals surface area contributed by atoms with E-state index in [2.05, 4.69) is 0 Å². The van der Waals surface area contributed by atoms with E-state index < -0.39 is 19.7 Å². The molecule has 1 aromatic carbocycles. The van der Waals surface area contributed by atoms with Crippen LogP contribution in [-0.2, 0) is 15.8 Å². The van der Waals surface area contributed by atoms with E-state index in [-0.39, 0.29) is 6.42 Å². The number of carbonyl (C=O) groups excluding carboxylic acids is 1. The summed E-state index contributed by atoms with van der Waals surface area (Å²) in [5, 5.41) is 10.5. The van der Waals surface area contributed by atoms with Crippen molar-refractivity contribution in [3.05, 3.63) is 35.9 Å². The average Bonchev–Trinajstić information content (AvgIpc) is 2.15. The molecule has 0 spiro atoms. The summed E-state index contributed by atoms with van der Waals surface area (Å²) in [7, 11) is -2.99. The number of carbonyl (C=O) groups is 1. The van der Waals surface area contributed by atoms with Gasteiger partial charge in [0.2, 0.25) is 0 Å². The minimum absolute atomic E-state index is 0.0398. The molecule has 1 aromatic rings. The van der Waals surface area contributed by atoms with Crippen LogP contribution in [0.5, 0.6) is 0 Å². The van der Waals surface area contributed by atoms with Gasteiger partial charge in [-0.3, -0.25) is 0 Å². The number of hydrogen-bond acceptors (Lipinski definition) is 4. The van der Waals surface area contributed by atoms with Gasteiger partial charge in [0, 0.05) is 6.42 Å². The molecule has 1 rings (SSSR count). The van der Waals surface area contributed by atoms with E-state index in [1.165, 1.54) is 0 Å². The summed E-state index contributed by atoms with van der Waals surface area (Å²) in [5.74, 6) is -1.55. The Kier molecular flexibility index (Phi) is 3.74. The Morgan fingerprint density at radius 2 is 1.93 bits per heavy atom. The van der Waals surface area contributed by atoms with Gasteiger partial charge in [0.1, 0.15) is 0 Å². The van der Waals surface area contributed by atoms with Crippen LogP contribution in [0.2, 0.25) is 0 Å². The highest BCUT2D eigenvalue weighted by Gasteiger charge is 2.23. The number of carboxylic acid groups (broad SMARTS) is 1. The molecular weight excluding hydrogens is 203 g/mol. The molecule has 0 aliphatic carbocycles. The summed E-state index contributed by atoms with van der Waals surface area (Å²) in [6.45, 7) is 0. The van der Waals surface area contributed by atoms with Gasteiger partial charge in [0.25, 0.3) is 0 Å². The lowest BCUT2D eigenvalue weighted by atomic mass is 10.1. The maximum absolute atomic E-state index is 10.6. The second kappa shape index (κ2) is 4.84. The van der Waals surface area contributed by atoms with Crippen LogP contribution in [0.15, 0.2) is 30.3 Å². The maximum Gasteiger partial charge on any atom is 0.318 e. The minimum atomic E-state index is -2.99. The van der Waals surface area contributed by atoms with E-state index >= 15 is 0 Å². The molecule has 0 N–H and O–H groups in total. The third-order valence-electron chi connectivity index (χ3n) is 1.80. The monoisotopic (exact) mass is 211 g/mol. The highest BCUT2D eigenvalue weighted by atomic mass is 31.1. The van der Waals surface area contributed by atoms with Crippen molar-refractivity contribution < 1.29 is 19.4 Å². The highest BCUT2D eigenvalue weighted by Crippen LogP contribution is 2.21. The Hall–Kier alpha value is -1.25. The van der Waals surface area contributed by atoms with Crippen molar-refractivity contribution in [1.29, 1.82) is 0 Å². The van der Waals surface area contributed by atoms with Crippen LogP contribution < -0.4 is 10.00 Å². The van der Waals surface area contributed by atoms with Crippen LogP contribution in [0.3, 0.4) is 0 Å². The molecule has 0 heterocycles. The topological polar surface area (TPSA) is 80.3 Å². The zero-order valence-electron chi connectivity index (χ0n) is 7.25. The van der Waals surface area contributed by atoms with Gasteiger partial charge in [-0.1, -0.05) is 34.9 Å². The molecular formula is C9H8O4P-. The minimum Gasteiger partial charge on any atom is -0.595 e. The first-order chi connectivity index (χ1) is 6.61. The lowest BCUT2D eigenvalue weighted by Crippen LogP contribution is -2.36. The van der Waals surface area contributed by atoms with Crippen molar-refractivity contribution in [1.82, 2.24) is 0 Å². The third-order valence-corrected chi connectivity index (χ3v) is 2.70. The first-order valence-corrected chi connectivity index (χ1v) is 5.24. The van der Waals surface area contributed by atoms with E-state index in [0.29, 0.717) is 5.56 Å². The standard InChI is InChI=1S/C9H9O4P/c10-9(11)8(14(12)13)6-7-4-2-1-3-5-7/h1-5,8H,6H2,(H,10,11)/p-1. The fraction of sp³-hybridized carbons (Fsp3) is 0.222. The SMILES string of the molecule is O=C([O-])C(Cc1ccccc1)[P+](=O)[O-]. The molecule has 2 atom stereocenters. The number of rotatable bonds is 4. The van der Waals surface area contributed by atoms with Crippen LogP contribution in [0, 0.1) is 0 Å². The second-order valence-electron chi connectivity index (χ2n) is 2.81. The summed E-state index contributed by atoms with van der Waals surface area (Å²) in [6.07, 6.45) is -0.0398. The zero-order chi connectivity index (χ0) is 10.6. The van der Waals surface area contributed by atoms with Crippen LogP contribution in [0.4, 0.5) is 0 Å². The fourth-order valence-corrected chi connectivity index (χ4v) is 1.61. The van der Waals surface area contributed by atoms with Gasteiger partial charge >= 0.3 is 8.03 Å². The molecule has 0 amide bonds.